The molecule has 0 radical (unpaired) electrons. The molecule has 0 aromatic rings. The summed E-state index contributed by atoms with van der Waals surface area (Å²) >= 11 is 0. The van der Waals surface area contributed by atoms with Crippen molar-refractivity contribution in [2.45, 2.75) is 44.7 Å². The average Bonchev–Trinajstić information content (AvgIpc) is 2.29. The molecule has 0 bridgehead atoms. The number of hydrogen-bond donors (Lipinski definition) is 1. The minimum atomic E-state index is 0.734. The van der Waals surface area contributed by atoms with Crippen molar-refractivity contribution in [1.29, 1.82) is 0 Å². The first kappa shape index (κ1) is 13.9. The molecule has 2 atom stereocenters. The van der Waals surface area contributed by atoms with Crippen molar-refractivity contribution in [3.8, 4) is 0 Å². The van der Waals surface area contributed by atoms with E-state index in [9.17, 15) is 0 Å². The lowest BCUT2D eigenvalue weighted by Crippen LogP contribution is -2.51. The van der Waals surface area contributed by atoms with Crippen LogP contribution in [0.2, 0.25) is 0 Å². The van der Waals surface area contributed by atoms with Gasteiger partial charge in [0.2, 0.25) is 0 Å². The molecule has 1 rings (SSSR count). The molecule has 0 aliphatic carbocycles. The zero-order valence-electron chi connectivity index (χ0n) is 11.5. The third-order valence-electron chi connectivity index (χ3n) is 3.74. The molecular formula is C13H29N3. The Morgan fingerprint density at radius 3 is 2.75 bits per heavy atom. The molecule has 1 fully saturated rings. The molecule has 0 aromatic heterocycles. The van der Waals surface area contributed by atoms with E-state index in [1.165, 1.54) is 38.8 Å². The van der Waals surface area contributed by atoms with Crippen molar-refractivity contribution in [3.05, 3.63) is 0 Å². The summed E-state index contributed by atoms with van der Waals surface area (Å²) in [6.45, 7) is 5.96. The number of nitrogens with one attached hydrogen (secondary N) is 1. The maximum atomic E-state index is 3.34. The Balaban J connectivity index is 2.48. The summed E-state index contributed by atoms with van der Waals surface area (Å²) in [4.78, 5) is 5.07. The lowest BCUT2D eigenvalue weighted by Gasteiger charge is -2.40. The van der Waals surface area contributed by atoms with Crippen LogP contribution in [0.15, 0.2) is 0 Å². The van der Waals surface area contributed by atoms with Crippen LogP contribution in [0.4, 0.5) is 0 Å². The van der Waals surface area contributed by atoms with Gasteiger partial charge in [0, 0.05) is 25.2 Å². The highest BCUT2D eigenvalue weighted by Crippen LogP contribution is 2.18. The van der Waals surface area contributed by atoms with Crippen LogP contribution in [0.5, 0.6) is 0 Å². The molecule has 1 saturated heterocycles. The Labute approximate surface area is 101 Å². The van der Waals surface area contributed by atoms with Gasteiger partial charge in [0.1, 0.15) is 0 Å². The smallest absolute Gasteiger partial charge is 0.0221 e. The maximum Gasteiger partial charge on any atom is 0.0221 e. The van der Waals surface area contributed by atoms with Crippen molar-refractivity contribution in [1.82, 2.24) is 15.1 Å². The second-order valence-electron chi connectivity index (χ2n) is 5.25. The van der Waals surface area contributed by atoms with Gasteiger partial charge in [-0.25, -0.2) is 0 Å². The summed E-state index contributed by atoms with van der Waals surface area (Å²) in [7, 11) is 6.48. The first-order valence-corrected chi connectivity index (χ1v) is 6.74. The van der Waals surface area contributed by atoms with Crippen LogP contribution >= 0.6 is 0 Å². The van der Waals surface area contributed by atoms with Gasteiger partial charge >= 0.3 is 0 Å². The molecule has 3 heteroatoms. The Morgan fingerprint density at radius 1 is 1.44 bits per heavy atom. The highest BCUT2D eigenvalue weighted by molar-refractivity contribution is 4.83. The van der Waals surface area contributed by atoms with E-state index in [4.69, 9.17) is 0 Å². The van der Waals surface area contributed by atoms with Crippen LogP contribution in [0.1, 0.15) is 32.6 Å². The van der Waals surface area contributed by atoms with Crippen molar-refractivity contribution in [2.75, 3.05) is 40.8 Å². The van der Waals surface area contributed by atoms with Gasteiger partial charge in [0.05, 0.1) is 0 Å². The molecular weight excluding hydrogens is 198 g/mol. The largest absolute Gasteiger partial charge is 0.318 e. The third kappa shape index (κ3) is 4.04. The SMILES string of the molecule is CCCC(CNC)N1CCCC(N(C)C)C1. The van der Waals surface area contributed by atoms with Crippen LogP contribution in [0.25, 0.3) is 0 Å². The summed E-state index contributed by atoms with van der Waals surface area (Å²) in [5.41, 5.74) is 0. The van der Waals surface area contributed by atoms with Crippen LogP contribution in [-0.2, 0) is 0 Å². The highest BCUT2D eigenvalue weighted by Gasteiger charge is 2.25. The van der Waals surface area contributed by atoms with Gasteiger partial charge in [-0.3, -0.25) is 4.90 Å². The fourth-order valence-electron chi connectivity index (χ4n) is 2.72. The fourth-order valence-corrected chi connectivity index (χ4v) is 2.72. The van der Waals surface area contributed by atoms with Crippen LogP contribution in [0, 0.1) is 0 Å². The predicted molar refractivity (Wildman–Crippen MR) is 70.9 cm³/mol. The van der Waals surface area contributed by atoms with Crippen molar-refractivity contribution >= 4 is 0 Å². The molecule has 1 aliphatic rings. The monoisotopic (exact) mass is 227 g/mol. The fraction of sp³-hybridized carbons (Fsp3) is 1.00. The number of piperidine rings is 1. The Morgan fingerprint density at radius 2 is 2.19 bits per heavy atom. The standard InChI is InChI=1S/C13H29N3/c1-5-7-12(10-14-2)16-9-6-8-13(11-16)15(3)4/h12-14H,5-11H2,1-4H3. The third-order valence-corrected chi connectivity index (χ3v) is 3.74. The lowest BCUT2D eigenvalue weighted by molar-refractivity contribution is 0.0916. The normalized spacial score (nSPS) is 24.9. The second-order valence-corrected chi connectivity index (χ2v) is 5.25. The van der Waals surface area contributed by atoms with Gasteiger partial charge < -0.3 is 10.2 Å². The molecule has 0 saturated carbocycles. The lowest BCUT2D eigenvalue weighted by atomic mass is 10.0. The van der Waals surface area contributed by atoms with Gasteiger partial charge in [-0.2, -0.15) is 0 Å². The van der Waals surface area contributed by atoms with Crippen LogP contribution < -0.4 is 5.32 Å². The quantitative estimate of drug-likeness (QED) is 0.740. The molecule has 1 aliphatic heterocycles. The zero-order valence-corrected chi connectivity index (χ0v) is 11.5. The first-order chi connectivity index (χ1) is 7.69. The zero-order chi connectivity index (χ0) is 12.0. The Bertz CT molecular complexity index is 176. The predicted octanol–water partition coefficient (Wildman–Crippen LogP) is 1.40. The molecule has 1 N–H and O–H groups in total. The maximum absolute atomic E-state index is 3.34. The van der Waals surface area contributed by atoms with Crippen molar-refractivity contribution < 1.29 is 0 Å². The van der Waals surface area contributed by atoms with Gasteiger partial charge in [-0.15, -0.1) is 0 Å². The number of likely N-dealkylation sites (tertiary alicyclic amines) is 1. The van der Waals surface area contributed by atoms with E-state index in [0.29, 0.717) is 0 Å². The number of likely N-dealkylation sites (N-methyl/N-ethyl adjacent to an activating group) is 2. The summed E-state index contributed by atoms with van der Waals surface area (Å²) < 4.78 is 0. The Kier molecular flexibility index (Phi) is 6.32. The number of nitrogens with zero attached hydrogens (tertiary/aromatic N) is 2. The van der Waals surface area contributed by atoms with E-state index in [2.05, 4.69) is 43.2 Å². The van der Waals surface area contributed by atoms with E-state index in [1.807, 2.05) is 0 Å². The van der Waals surface area contributed by atoms with E-state index < -0.39 is 0 Å². The second kappa shape index (κ2) is 7.25. The van der Waals surface area contributed by atoms with Crippen LogP contribution in [-0.4, -0.2) is 62.7 Å². The first-order valence-electron chi connectivity index (χ1n) is 6.74. The molecule has 0 amide bonds. The van der Waals surface area contributed by atoms with E-state index >= 15 is 0 Å². The average molecular weight is 227 g/mol. The summed E-state index contributed by atoms with van der Waals surface area (Å²) in [6, 6.07) is 1.49. The van der Waals surface area contributed by atoms with Crippen molar-refractivity contribution in [3.63, 3.8) is 0 Å². The molecule has 2 unspecified atom stereocenters. The minimum Gasteiger partial charge on any atom is -0.318 e. The summed E-state index contributed by atoms with van der Waals surface area (Å²) in [5, 5.41) is 3.34. The molecule has 0 aromatic carbocycles. The minimum absolute atomic E-state index is 0.734. The summed E-state index contributed by atoms with van der Waals surface area (Å²) in [5.74, 6) is 0. The van der Waals surface area contributed by atoms with E-state index in [1.54, 1.807) is 0 Å². The topological polar surface area (TPSA) is 18.5 Å². The van der Waals surface area contributed by atoms with Gasteiger partial charge in [-0.1, -0.05) is 13.3 Å². The van der Waals surface area contributed by atoms with E-state index in [0.717, 1.165) is 18.6 Å². The molecule has 3 nitrogen and oxygen atoms in total. The molecule has 96 valence electrons. The summed E-state index contributed by atoms with van der Waals surface area (Å²) in [6.07, 6.45) is 5.32. The molecule has 16 heavy (non-hydrogen) atoms. The Hall–Kier alpha value is -0.120. The van der Waals surface area contributed by atoms with Gasteiger partial charge in [-0.05, 0) is 47.0 Å². The van der Waals surface area contributed by atoms with Gasteiger partial charge in [0.25, 0.3) is 0 Å². The highest BCUT2D eigenvalue weighted by atomic mass is 15.2. The van der Waals surface area contributed by atoms with Crippen LogP contribution in [0.3, 0.4) is 0 Å². The molecule has 1 heterocycles. The number of rotatable bonds is 6. The molecule has 0 spiro atoms. The van der Waals surface area contributed by atoms with Gasteiger partial charge in [0.15, 0.2) is 0 Å². The number of hydrogen-bond acceptors (Lipinski definition) is 3. The van der Waals surface area contributed by atoms with E-state index in [-0.39, 0.29) is 0 Å². The van der Waals surface area contributed by atoms with Crippen molar-refractivity contribution in [2.24, 2.45) is 0 Å².